The Morgan fingerprint density at radius 2 is 1.65 bits per heavy atom. The van der Waals surface area contributed by atoms with Crippen molar-refractivity contribution in [1.29, 1.82) is 0 Å². The fourth-order valence-electron chi connectivity index (χ4n) is 4.41. The first-order valence-corrected chi connectivity index (χ1v) is 10.5. The Morgan fingerprint density at radius 3 is 2.44 bits per heavy atom. The van der Waals surface area contributed by atoms with Crippen LogP contribution in [0.25, 0.3) is 33.3 Å². The van der Waals surface area contributed by atoms with Gasteiger partial charge in [0.15, 0.2) is 5.43 Å². The standard InChI is InChI=1S/C26H16N2O6/c29-15-4-1-13(2-5-15)21-11-19(30)25-20(31)12-22-24(26(25)34-21)16(10-23(32)33-22)14-3-6-17-18(9-14)28-8-7-27-17/h1-9,11-12,16,29,31H,10H2/t16-/m1/s1. The summed E-state index contributed by atoms with van der Waals surface area (Å²) in [4.78, 5) is 34.1. The van der Waals surface area contributed by atoms with Crippen LogP contribution >= 0.6 is 0 Å². The molecule has 2 N–H and O–H groups in total. The molecule has 0 amide bonds. The molecule has 0 unspecified atom stereocenters. The van der Waals surface area contributed by atoms with Crippen LogP contribution in [-0.2, 0) is 4.79 Å². The molecule has 0 saturated carbocycles. The van der Waals surface area contributed by atoms with Gasteiger partial charge in [0.1, 0.15) is 34.0 Å². The third kappa shape index (κ3) is 3.15. The lowest BCUT2D eigenvalue weighted by molar-refractivity contribution is -0.135. The van der Waals surface area contributed by atoms with Gasteiger partial charge in [-0.05, 0) is 42.0 Å². The summed E-state index contributed by atoms with van der Waals surface area (Å²) in [7, 11) is 0. The third-order valence-electron chi connectivity index (χ3n) is 5.97. The van der Waals surface area contributed by atoms with Gasteiger partial charge in [0.25, 0.3) is 0 Å². The third-order valence-corrected chi connectivity index (χ3v) is 5.97. The minimum absolute atomic E-state index is 0.00445. The quantitative estimate of drug-likeness (QED) is 0.301. The first-order valence-electron chi connectivity index (χ1n) is 10.5. The number of nitrogens with zero attached hydrogens (tertiary/aromatic N) is 2. The van der Waals surface area contributed by atoms with Crippen LogP contribution in [0, 0.1) is 0 Å². The molecule has 6 rings (SSSR count). The van der Waals surface area contributed by atoms with E-state index in [1.165, 1.54) is 24.3 Å². The number of carbonyl (C=O) groups is 1. The second-order valence-corrected chi connectivity index (χ2v) is 8.07. The van der Waals surface area contributed by atoms with E-state index in [1.807, 2.05) is 18.2 Å². The number of carbonyl (C=O) groups excluding carboxylic acids is 1. The zero-order chi connectivity index (χ0) is 23.4. The molecule has 0 spiro atoms. The lowest BCUT2D eigenvalue weighted by Gasteiger charge is -2.26. The Labute approximate surface area is 191 Å². The van der Waals surface area contributed by atoms with Crippen molar-refractivity contribution in [2.45, 2.75) is 12.3 Å². The molecule has 8 nitrogen and oxygen atoms in total. The molecule has 0 bridgehead atoms. The van der Waals surface area contributed by atoms with E-state index in [2.05, 4.69) is 9.97 Å². The largest absolute Gasteiger partial charge is 0.508 e. The number of benzene rings is 3. The van der Waals surface area contributed by atoms with Crippen LogP contribution in [0.3, 0.4) is 0 Å². The van der Waals surface area contributed by atoms with Crippen molar-refractivity contribution in [2.24, 2.45) is 0 Å². The van der Waals surface area contributed by atoms with E-state index in [0.29, 0.717) is 22.2 Å². The minimum atomic E-state index is -0.496. The van der Waals surface area contributed by atoms with Crippen molar-refractivity contribution >= 4 is 28.0 Å². The zero-order valence-electron chi connectivity index (χ0n) is 17.6. The summed E-state index contributed by atoms with van der Waals surface area (Å²) in [5.74, 6) is -0.829. The maximum Gasteiger partial charge on any atom is 0.312 e. The average molecular weight is 452 g/mol. The van der Waals surface area contributed by atoms with Gasteiger partial charge in [0, 0.05) is 41.6 Å². The smallest absolute Gasteiger partial charge is 0.312 e. The van der Waals surface area contributed by atoms with Gasteiger partial charge in [-0.3, -0.25) is 19.6 Å². The molecule has 8 heteroatoms. The second-order valence-electron chi connectivity index (χ2n) is 8.07. The predicted octanol–water partition coefficient (Wildman–Crippen LogP) is 4.26. The van der Waals surface area contributed by atoms with Gasteiger partial charge < -0.3 is 19.4 Å². The number of phenols is 2. The highest BCUT2D eigenvalue weighted by Gasteiger charge is 2.33. The molecule has 5 aromatic rings. The van der Waals surface area contributed by atoms with Crippen molar-refractivity contribution in [2.75, 3.05) is 0 Å². The zero-order valence-corrected chi connectivity index (χ0v) is 17.6. The lowest BCUT2D eigenvalue weighted by atomic mass is 9.85. The van der Waals surface area contributed by atoms with Gasteiger partial charge in [-0.15, -0.1) is 0 Å². The van der Waals surface area contributed by atoms with Crippen LogP contribution < -0.4 is 10.2 Å². The highest BCUT2D eigenvalue weighted by molar-refractivity contribution is 5.93. The number of hydrogen-bond donors (Lipinski definition) is 2. The summed E-state index contributed by atoms with van der Waals surface area (Å²) >= 11 is 0. The summed E-state index contributed by atoms with van der Waals surface area (Å²) in [6.07, 6.45) is 3.21. The maximum absolute atomic E-state index is 13.0. The van der Waals surface area contributed by atoms with Crippen LogP contribution in [0.15, 0.2) is 76.2 Å². The first-order chi connectivity index (χ1) is 16.5. The Hall–Kier alpha value is -4.72. The molecule has 1 aliphatic heterocycles. The second kappa shape index (κ2) is 7.41. The van der Waals surface area contributed by atoms with Gasteiger partial charge in [0.05, 0.1) is 17.5 Å². The summed E-state index contributed by atoms with van der Waals surface area (Å²) < 4.78 is 11.6. The number of rotatable bonds is 2. The number of fused-ring (bicyclic) bond motifs is 4. The molecule has 1 atom stereocenters. The van der Waals surface area contributed by atoms with E-state index in [9.17, 15) is 19.8 Å². The van der Waals surface area contributed by atoms with Crippen LogP contribution in [-0.4, -0.2) is 26.2 Å². The average Bonchev–Trinajstić information content (AvgIpc) is 2.83. The van der Waals surface area contributed by atoms with Crippen molar-refractivity contribution in [1.82, 2.24) is 9.97 Å². The van der Waals surface area contributed by atoms with Gasteiger partial charge in [-0.25, -0.2) is 0 Å². The normalized spacial score (nSPS) is 15.3. The van der Waals surface area contributed by atoms with E-state index >= 15 is 0 Å². The van der Waals surface area contributed by atoms with E-state index < -0.39 is 17.3 Å². The molecule has 0 radical (unpaired) electrons. The van der Waals surface area contributed by atoms with Crippen LogP contribution in [0.5, 0.6) is 17.2 Å². The van der Waals surface area contributed by atoms with Crippen molar-refractivity contribution < 1.29 is 24.2 Å². The van der Waals surface area contributed by atoms with Crippen molar-refractivity contribution in [3.63, 3.8) is 0 Å². The van der Waals surface area contributed by atoms with Gasteiger partial charge in [-0.2, -0.15) is 0 Å². The number of aromatic nitrogens is 2. The lowest BCUT2D eigenvalue weighted by Crippen LogP contribution is -2.22. The molecule has 34 heavy (non-hydrogen) atoms. The van der Waals surface area contributed by atoms with Gasteiger partial charge >= 0.3 is 5.97 Å². The highest BCUT2D eigenvalue weighted by Crippen LogP contribution is 2.46. The van der Waals surface area contributed by atoms with E-state index in [1.54, 1.807) is 24.5 Å². The maximum atomic E-state index is 13.0. The molecule has 0 aliphatic carbocycles. The molecule has 3 heterocycles. The van der Waals surface area contributed by atoms with Crippen LogP contribution in [0.1, 0.15) is 23.5 Å². The Balaban J connectivity index is 1.63. The summed E-state index contributed by atoms with van der Waals surface area (Å²) in [6.45, 7) is 0. The molecular weight excluding hydrogens is 436 g/mol. The van der Waals surface area contributed by atoms with E-state index in [0.717, 1.165) is 5.56 Å². The highest BCUT2D eigenvalue weighted by atomic mass is 16.5. The number of phenolic OH excluding ortho intramolecular Hbond substituents is 2. The number of ether oxygens (including phenoxy) is 1. The van der Waals surface area contributed by atoms with E-state index in [-0.39, 0.29) is 40.4 Å². The molecular formula is C26H16N2O6. The minimum Gasteiger partial charge on any atom is -0.508 e. The number of aromatic hydroxyl groups is 2. The number of esters is 1. The molecule has 0 fully saturated rings. The van der Waals surface area contributed by atoms with Crippen molar-refractivity contribution in [3.05, 3.63) is 88.3 Å². The Morgan fingerprint density at radius 1 is 0.882 bits per heavy atom. The van der Waals surface area contributed by atoms with Crippen LogP contribution in [0.4, 0.5) is 0 Å². The first kappa shape index (κ1) is 19.9. The monoisotopic (exact) mass is 452 g/mol. The van der Waals surface area contributed by atoms with E-state index in [4.69, 9.17) is 9.15 Å². The summed E-state index contributed by atoms with van der Waals surface area (Å²) in [5.41, 5.74) is 2.91. The molecule has 166 valence electrons. The van der Waals surface area contributed by atoms with Gasteiger partial charge in [0.2, 0.25) is 0 Å². The summed E-state index contributed by atoms with van der Waals surface area (Å²) in [6, 6.07) is 14.3. The van der Waals surface area contributed by atoms with Crippen molar-refractivity contribution in [3.8, 4) is 28.6 Å². The Bertz CT molecular complexity index is 1670. The molecule has 2 aromatic heterocycles. The summed E-state index contributed by atoms with van der Waals surface area (Å²) in [5, 5.41) is 20.2. The molecule has 0 saturated heterocycles. The predicted molar refractivity (Wildman–Crippen MR) is 123 cm³/mol. The fraction of sp³-hybridized carbons (Fsp3) is 0.0769. The number of hydrogen-bond acceptors (Lipinski definition) is 8. The molecule has 3 aromatic carbocycles. The topological polar surface area (TPSA) is 123 Å². The van der Waals surface area contributed by atoms with Gasteiger partial charge in [-0.1, -0.05) is 6.07 Å². The molecule has 1 aliphatic rings. The fourth-order valence-corrected chi connectivity index (χ4v) is 4.41. The Kier molecular flexibility index (Phi) is 4.35. The SMILES string of the molecule is O=C1C[C@H](c2ccc3nccnc3c2)c2c(cc(O)c3c(=O)cc(-c4ccc(O)cc4)oc23)O1. The van der Waals surface area contributed by atoms with Crippen LogP contribution in [0.2, 0.25) is 0 Å².